The first-order valence-corrected chi connectivity index (χ1v) is 9.09. The molecule has 1 fully saturated rings. The lowest BCUT2D eigenvalue weighted by Gasteiger charge is -2.24. The summed E-state index contributed by atoms with van der Waals surface area (Å²) in [5.41, 5.74) is 2.08. The van der Waals surface area contributed by atoms with Gasteiger partial charge in [0, 0.05) is 39.0 Å². The number of rotatable bonds is 7. The second-order valence-corrected chi connectivity index (χ2v) is 6.54. The molecule has 0 aliphatic heterocycles. The van der Waals surface area contributed by atoms with Gasteiger partial charge in [-0.1, -0.05) is 25.2 Å². The average molecular weight is 379 g/mol. The molecule has 1 saturated carbocycles. The lowest BCUT2D eigenvalue weighted by molar-refractivity contribution is -0.118. The Balaban J connectivity index is 1.49. The first-order chi connectivity index (χ1) is 17.4. The second kappa shape index (κ2) is 8.68. The molecule has 0 saturated heterocycles. The maximum absolute atomic E-state index is 11.6. The standard InChI is InChI=1S/C22H29N3O2/c26-20-11-9-18-15-21(12-10-17(18)14-20)27-13-5-4-8-22-24-23-16-25(22)19-6-2-1-3-7-19/h10,12,15-16,19H,1-9,11,13-14H2/i1D2,2D2,3D2,6D2,7D2,19D. The van der Waals surface area contributed by atoms with Crippen LogP contribution in [0.1, 0.15) is 89.2 Å². The fraction of sp³-hybridized carbons (Fsp3) is 0.591. The number of hydrogen-bond donors (Lipinski definition) is 0. The Morgan fingerprint density at radius 3 is 2.96 bits per heavy atom. The highest BCUT2D eigenvalue weighted by atomic mass is 16.5. The van der Waals surface area contributed by atoms with Crippen molar-refractivity contribution in [2.45, 2.75) is 76.4 Å². The molecule has 5 heteroatoms. The van der Waals surface area contributed by atoms with Crippen LogP contribution in [-0.2, 0) is 24.1 Å². The van der Waals surface area contributed by atoms with Crippen molar-refractivity contribution in [3.05, 3.63) is 41.5 Å². The third kappa shape index (κ3) is 4.57. The molecule has 2 aliphatic carbocycles. The Morgan fingerprint density at radius 1 is 1.19 bits per heavy atom. The van der Waals surface area contributed by atoms with Crippen LogP contribution in [-0.4, -0.2) is 27.2 Å². The molecule has 0 amide bonds. The zero-order chi connectivity index (χ0) is 28.4. The Morgan fingerprint density at radius 2 is 2.07 bits per heavy atom. The third-order valence-corrected chi connectivity index (χ3v) is 4.65. The predicted molar refractivity (Wildman–Crippen MR) is 104 cm³/mol. The van der Waals surface area contributed by atoms with E-state index in [2.05, 4.69) is 10.2 Å². The average Bonchev–Trinajstić information content (AvgIpc) is 3.30. The summed E-state index contributed by atoms with van der Waals surface area (Å²) in [6.07, 6.45) is -14.3. The Kier molecular flexibility index (Phi) is 3.01. The quantitative estimate of drug-likeness (QED) is 0.676. The van der Waals surface area contributed by atoms with Crippen LogP contribution in [0.15, 0.2) is 24.5 Å². The van der Waals surface area contributed by atoms with Crippen LogP contribution in [0.25, 0.3) is 0 Å². The number of ketones is 1. The number of aryl methyl sites for hydroxylation is 2. The van der Waals surface area contributed by atoms with Crippen LogP contribution >= 0.6 is 0 Å². The summed E-state index contributed by atoms with van der Waals surface area (Å²) in [5, 5.41) is 7.53. The van der Waals surface area contributed by atoms with Gasteiger partial charge < -0.3 is 9.30 Å². The van der Waals surface area contributed by atoms with E-state index in [1.54, 1.807) is 6.07 Å². The molecule has 1 aromatic heterocycles. The second-order valence-electron chi connectivity index (χ2n) is 6.54. The molecule has 0 N–H and O–H groups in total. The van der Waals surface area contributed by atoms with Gasteiger partial charge in [0.25, 0.3) is 0 Å². The molecule has 144 valence electrons. The van der Waals surface area contributed by atoms with Crippen molar-refractivity contribution in [1.82, 2.24) is 14.8 Å². The molecule has 2 aromatic rings. The molecule has 0 bridgehead atoms. The fourth-order valence-corrected chi connectivity index (χ4v) is 3.23. The van der Waals surface area contributed by atoms with Gasteiger partial charge in [-0.15, -0.1) is 10.2 Å². The molecule has 1 aromatic carbocycles. The highest BCUT2D eigenvalue weighted by Gasteiger charge is 2.18. The molecule has 1 heterocycles. The van der Waals surface area contributed by atoms with Gasteiger partial charge in [-0.3, -0.25) is 4.79 Å². The van der Waals surface area contributed by atoms with Crippen LogP contribution in [0.2, 0.25) is 0 Å². The van der Waals surface area contributed by atoms with E-state index in [4.69, 9.17) is 19.8 Å². The number of unbranched alkanes of at least 4 members (excludes halogenated alkanes) is 1. The van der Waals surface area contributed by atoms with Crippen molar-refractivity contribution in [3.63, 3.8) is 0 Å². The van der Waals surface area contributed by atoms with E-state index < -0.39 is 37.9 Å². The van der Waals surface area contributed by atoms with Gasteiger partial charge in [0.1, 0.15) is 23.7 Å². The lowest BCUT2D eigenvalue weighted by atomic mass is 9.91. The van der Waals surface area contributed by atoms with Crippen molar-refractivity contribution in [1.29, 1.82) is 0 Å². The Hall–Kier alpha value is -2.17. The molecule has 0 atom stereocenters. The van der Waals surface area contributed by atoms with Gasteiger partial charge >= 0.3 is 0 Å². The van der Waals surface area contributed by atoms with E-state index in [0.29, 0.717) is 49.0 Å². The summed E-state index contributed by atoms with van der Waals surface area (Å²) >= 11 is 0. The summed E-state index contributed by atoms with van der Waals surface area (Å²) in [5.74, 6) is 0.822. The number of carbonyl (C=O) groups excluding carboxylic acids is 1. The van der Waals surface area contributed by atoms with Gasteiger partial charge in [-0.05, 0) is 55.3 Å². The number of benzene rings is 1. The van der Waals surface area contributed by atoms with E-state index in [1.807, 2.05) is 12.1 Å². The minimum atomic E-state index is -3.59. The number of fused-ring (bicyclic) bond motifs is 1. The van der Waals surface area contributed by atoms with Crippen molar-refractivity contribution in [2.75, 3.05) is 6.61 Å². The smallest absolute Gasteiger partial charge is 0.137 e. The topological polar surface area (TPSA) is 57.0 Å². The van der Waals surface area contributed by atoms with Crippen LogP contribution in [0.5, 0.6) is 5.75 Å². The van der Waals surface area contributed by atoms with Crippen LogP contribution in [0.3, 0.4) is 0 Å². The molecular weight excluding hydrogens is 338 g/mol. The van der Waals surface area contributed by atoms with Gasteiger partial charge in [0.15, 0.2) is 0 Å². The molecular formula is C22H29N3O2. The third-order valence-electron chi connectivity index (χ3n) is 4.65. The molecule has 0 spiro atoms. The number of Topliss-reactive ketones (excluding diaryl/α,β-unsaturated/α-hetero) is 1. The largest absolute Gasteiger partial charge is 0.494 e. The fourth-order valence-electron chi connectivity index (χ4n) is 3.23. The Bertz CT molecular complexity index is 1200. The first-order valence-electron chi connectivity index (χ1n) is 14.6. The summed E-state index contributed by atoms with van der Waals surface area (Å²) < 4.78 is 97.5. The number of aromatic nitrogens is 3. The van der Waals surface area contributed by atoms with E-state index in [9.17, 15) is 4.79 Å². The number of hydrogen-bond acceptors (Lipinski definition) is 4. The summed E-state index contributed by atoms with van der Waals surface area (Å²) in [6, 6.07) is 2.32. The summed E-state index contributed by atoms with van der Waals surface area (Å²) in [4.78, 5) is 11.6. The molecule has 2 aliphatic rings. The van der Waals surface area contributed by atoms with E-state index in [1.165, 1.54) is 0 Å². The van der Waals surface area contributed by atoms with Crippen molar-refractivity contribution in [2.24, 2.45) is 0 Å². The predicted octanol–water partition coefficient (Wildman–Crippen LogP) is 4.24. The first kappa shape index (κ1) is 9.35. The molecule has 27 heavy (non-hydrogen) atoms. The summed E-state index contributed by atoms with van der Waals surface area (Å²) in [7, 11) is 0. The minimum absolute atomic E-state index is 0.0553. The molecule has 0 unspecified atom stereocenters. The molecule has 0 radical (unpaired) electrons. The van der Waals surface area contributed by atoms with Crippen LogP contribution < -0.4 is 4.74 Å². The highest BCUT2D eigenvalue weighted by Crippen LogP contribution is 2.29. The van der Waals surface area contributed by atoms with Crippen LogP contribution in [0, 0.1) is 0 Å². The highest BCUT2D eigenvalue weighted by molar-refractivity contribution is 5.83. The zero-order valence-electron chi connectivity index (χ0n) is 25.9. The van der Waals surface area contributed by atoms with Crippen molar-refractivity contribution < 1.29 is 24.6 Å². The maximum atomic E-state index is 11.6. The van der Waals surface area contributed by atoms with Gasteiger partial charge in [-0.25, -0.2) is 0 Å². The van der Waals surface area contributed by atoms with Crippen LogP contribution in [0.4, 0.5) is 0 Å². The van der Waals surface area contributed by atoms with Crippen molar-refractivity contribution >= 4 is 5.78 Å². The zero-order valence-corrected chi connectivity index (χ0v) is 14.9. The number of nitrogens with zero attached hydrogens (tertiary/aromatic N) is 3. The lowest BCUT2D eigenvalue weighted by Crippen LogP contribution is -2.15. The van der Waals surface area contributed by atoms with E-state index in [0.717, 1.165) is 17.5 Å². The summed E-state index contributed by atoms with van der Waals surface area (Å²) in [6.45, 7) is 0.310. The van der Waals surface area contributed by atoms with Crippen molar-refractivity contribution in [3.8, 4) is 5.75 Å². The van der Waals surface area contributed by atoms with Gasteiger partial charge in [-0.2, -0.15) is 0 Å². The normalized spacial score (nSPS) is 34.2. The van der Waals surface area contributed by atoms with E-state index >= 15 is 0 Å². The number of ether oxygens (including phenoxy) is 1. The molecule has 4 rings (SSSR count). The maximum Gasteiger partial charge on any atom is 0.137 e. The Labute approximate surface area is 176 Å². The number of carbonyl (C=O) groups is 1. The minimum Gasteiger partial charge on any atom is -0.494 e. The monoisotopic (exact) mass is 378 g/mol. The van der Waals surface area contributed by atoms with E-state index in [-0.39, 0.29) is 18.0 Å². The SMILES string of the molecule is [2H]C1([2H])C([2H])([2H])C([2H])([2H])C([2H])(n2cnnc2CCCCOc2ccc3c(c2)CCC(=O)C3)C([2H])([2H])C1([2H])[2H]. The molecule has 5 nitrogen and oxygen atoms in total. The van der Waals surface area contributed by atoms with Gasteiger partial charge in [0.2, 0.25) is 0 Å². The van der Waals surface area contributed by atoms with Gasteiger partial charge in [0.05, 0.1) is 7.98 Å².